The average Bonchev–Trinajstić information content (AvgIpc) is 2.15. The lowest BCUT2D eigenvalue weighted by Crippen LogP contribution is -2.03. The summed E-state index contributed by atoms with van der Waals surface area (Å²) in [5.74, 6) is 0.464. The highest BCUT2D eigenvalue weighted by molar-refractivity contribution is 6.03. The lowest BCUT2D eigenvalue weighted by molar-refractivity contribution is 0.886. The first kappa shape index (κ1) is 12.8. The molecule has 2 heteroatoms. The second-order valence-electron chi connectivity index (χ2n) is 3.39. The lowest BCUT2D eigenvalue weighted by Gasteiger charge is -2.02. The molecule has 0 radical (unpaired) electrons. The summed E-state index contributed by atoms with van der Waals surface area (Å²) in [7, 11) is 1.82. The Labute approximate surface area is 87.2 Å². The molecule has 0 rings (SSSR count). The summed E-state index contributed by atoms with van der Waals surface area (Å²) < 4.78 is 0. The Hall–Kier alpha value is -1.18. The van der Waals surface area contributed by atoms with Gasteiger partial charge in [-0.1, -0.05) is 19.9 Å². The average molecular weight is 192 g/mol. The number of hydrogen-bond donors (Lipinski definition) is 0. The van der Waals surface area contributed by atoms with Gasteiger partial charge in [0.15, 0.2) is 0 Å². The Morgan fingerprint density at radius 3 is 2.29 bits per heavy atom. The Balaban J connectivity index is 4.43. The summed E-state index contributed by atoms with van der Waals surface area (Å²) in [4.78, 5) is 8.40. The van der Waals surface area contributed by atoms with Crippen LogP contribution in [0, 0.1) is 5.92 Å². The maximum atomic E-state index is 4.20. The van der Waals surface area contributed by atoms with E-state index in [4.69, 9.17) is 0 Å². The summed E-state index contributed by atoms with van der Waals surface area (Å²) in [6, 6.07) is 0. The Morgan fingerprint density at radius 1 is 1.21 bits per heavy atom. The molecule has 14 heavy (non-hydrogen) atoms. The molecular weight excluding hydrogens is 172 g/mol. The predicted octanol–water partition coefficient (Wildman–Crippen LogP) is 3.26. The zero-order chi connectivity index (χ0) is 11.0. The minimum absolute atomic E-state index is 0.464. The minimum atomic E-state index is 0.464. The largest absolute Gasteiger partial charge is 0.293 e. The molecule has 0 saturated carbocycles. The minimum Gasteiger partial charge on any atom is -0.293 e. The summed E-state index contributed by atoms with van der Waals surface area (Å²) >= 11 is 0. The molecule has 0 aromatic heterocycles. The van der Waals surface area contributed by atoms with Crippen molar-refractivity contribution in [1.82, 2.24) is 0 Å². The molecule has 0 spiro atoms. The highest BCUT2D eigenvalue weighted by Gasteiger charge is 1.98. The van der Waals surface area contributed by atoms with Gasteiger partial charge in [-0.25, -0.2) is 0 Å². The van der Waals surface area contributed by atoms with Gasteiger partial charge in [-0.15, -0.1) is 0 Å². The second-order valence-corrected chi connectivity index (χ2v) is 3.39. The van der Waals surface area contributed by atoms with E-state index in [0.29, 0.717) is 5.92 Å². The van der Waals surface area contributed by atoms with E-state index >= 15 is 0 Å². The van der Waals surface area contributed by atoms with Crippen molar-refractivity contribution in [3.05, 3.63) is 24.4 Å². The van der Waals surface area contributed by atoms with Crippen molar-refractivity contribution in [2.75, 3.05) is 7.05 Å². The number of hydrogen-bond acceptors (Lipinski definition) is 2. The summed E-state index contributed by atoms with van der Waals surface area (Å²) in [5, 5.41) is 0. The molecule has 0 N–H and O–H groups in total. The molecule has 0 atom stereocenters. The van der Waals surface area contributed by atoms with Crippen LogP contribution in [-0.4, -0.2) is 18.5 Å². The van der Waals surface area contributed by atoms with Gasteiger partial charge in [-0.3, -0.25) is 9.98 Å². The quantitative estimate of drug-likeness (QED) is 0.611. The van der Waals surface area contributed by atoms with Gasteiger partial charge < -0.3 is 0 Å². The number of aliphatic imine (C=N–C) groups is 2. The number of nitrogens with zero attached hydrogens (tertiary/aromatic N) is 2. The zero-order valence-corrected chi connectivity index (χ0v) is 9.78. The fourth-order valence-corrected chi connectivity index (χ4v) is 0.966. The van der Waals surface area contributed by atoms with Crippen LogP contribution in [0.4, 0.5) is 0 Å². The van der Waals surface area contributed by atoms with Crippen molar-refractivity contribution in [3.63, 3.8) is 0 Å². The van der Waals surface area contributed by atoms with Crippen LogP contribution in [0.1, 0.15) is 27.7 Å². The van der Waals surface area contributed by atoms with Crippen molar-refractivity contribution in [2.24, 2.45) is 15.9 Å². The highest BCUT2D eigenvalue weighted by Crippen LogP contribution is 1.98. The molecule has 0 bridgehead atoms. The van der Waals surface area contributed by atoms with E-state index in [0.717, 1.165) is 11.4 Å². The monoisotopic (exact) mass is 192 g/mol. The lowest BCUT2D eigenvalue weighted by atomic mass is 10.1. The molecule has 78 valence electrons. The molecule has 2 nitrogen and oxygen atoms in total. The Kier molecular flexibility index (Phi) is 6.63. The van der Waals surface area contributed by atoms with Crippen LogP contribution in [0.15, 0.2) is 34.4 Å². The van der Waals surface area contributed by atoms with Crippen LogP contribution in [0.2, 0.25) is 0 Å². The first-order valence-electron chi connectivity index (χ1n) is 4.92. The van der Waals surface area contributed by atoms with Gasteiger partial charge in [-0.05, 0) is 31.9 Å². The van der Waals surface area contributed by atoms with E-state index < -0.39 is 0 Å². The van der Waals surface area contributed by atoms with E-state index in [9.17, 15) is 0 Å². The molecule has 0 aromatic rings. The molecule has 0 fully saturated rings. The van der Waals surface area contributed by atoms with Gasteiger partial charge >= 0.3 is 0 Å². The first-order chi connectivity index (χ1) is 6.61. The van der Waals surface area contributed by atoms with Crippen LogP contribution in [0.5, 0.6) is 0 Å². The molecule has 0 amide bonds. The van der Waals surface area contributed by atoms with Gasteiger partial charge in [0.2, 0.25) is 0 Å². The molecule has 0 aliphatic carbocycles. The van der Waals surface area contributed by atoms with E-state index in [-0.39, 0.29) is 0 Å². The van der Waals surface area contributed by atoms with Crippen molar-refractivity contribution >= 4 is 11.4 Å². The molecule has 0 aliphatic rings. The van der Waals surface area contributed by atoms with Gasteiger partial charge in [0.25, 0.3) is 0 Å². The van der Waals surface area contributed by atoms with Crippen molar-refractivity contribution in [3.8, 4) is 0 Å². The van der Waals surface area contributed by atoms with Gasteiger partial charge in [0.1, 0.15) is 0 Å². The third-order valence-corrected chi connectivity index (χ3v) is 1.77. The Bertz CT molecular complexity index is 268. The third-order valence-electron chi connectivity index (χ3n) is 1.77. The first-order valence-corrected chi connectivity index (χ1v) is 4.92. The smallest absolute Gasteiger partial charge is 0.0373 e. The Morgan fingerprint density at radius 2 is 1.86 bits per heavy atom. The van der Waals surface area contributed by atoms with Crippen LogP contribution >= 0.6 is 0 Å². The molecule has 0 aliphatic heterocycles. The fourth-order valence-electron chi connectivity index (χ4n) is 0.966. The van der Waals surface area contributed by atoms with Crippen LogP contribution in [0.25, 0.3) is 0 Å². The topological polar surface area (TPSA) is 24.7 Å². The molecule has 0 heterocycles. The molecule has 0 aromatic carbocycles. The van der Waals surface area contributed by atoms with E-state index in [2.05, 4.69) is 23.8 Å². The van der Waals surface area contributed by atoms with Crippen molar-refractivity contribution in [2.45, 2.75) is 27.7 Å². The normalized spacial score (nSPS) is 15.0. The van der Waals surface area contributed by atoms with Gasteiger partial charge in [0, 0.05) is 24.7 Å². The maximum Gasteiger partial charge on any atom is 0.0373 e. The van der Waals surface area contributed by atoms with E-state index in [1.165, 1.54) is 0 Å². The SMILES string of the molecule is C\C=C/N=C(C)\C=C/C(=NC)C(C)C. The predicted molar refractivity (Wildman–Crippen MR) is 65.3 cm³/mol. The van der Waals surface area contributed by atoms with Crippen LogP contribution in [0.3, 0.4) is 0 Å². The van der Waals surface area contributed by atoms with Crippen LogP contribution < -0.4 is 0 Å². The van der Waals surface area contributed by atoms with Gasteiger partial charge in [-0.2, -0.15) is 0 Å². The standard InChI is InChI=1S/C12H20N2/c1-6-9-14-11(4)7-8-12(13-5)10(2)3/h6-10H,1-5H3/b8-7-,9-6-,13-12?,14-11-. The molecule has 0 unspecified atom stereocenters. The van der Waals surface area contributed by atoms with Crippen molar-refractivity contribution in [1.29, 1.82) is 0 Å². The van der Waals surface area contributed by atoms with E-state index in [1.54, 1.807) is 6.20 Å². The van der Waals surface area contributed by atoms with E-state index in [1.807, 2.05) is 39.1 Å². The highest BCUT2D eigenvalue weighted by atomic mass is 14.7. The number of allylic oxidation sites excluding steroid dienone is 3. The summed E-state index contributed by atoms with van der Waals surface area (Å²) in [6.07, 6.45) is 7.71. The van der Waals surface area contributed by atoms with Crippen LogP contribution in [-0.2, 0) is 0 Å². The second kappa shape index (κ2) is 7.25. The third kappa shape index (κ3) is 5.46. The number of rotatable bonds is 4. The molecular formula is C12H20N2. The van der Waals surface area contributed by atoms with Crippen molar-refractivity contribution < 1.29 is 0 Å². The summed E-state index contributed by atoms with van der Waals surface area (Å²) in [5.41, 5.74) is 2.09. The maximum absolute atomic E-state index is 4.20. The molecule has 0 saturated heterocycles. The van der Waals surface area contributed by atoms with Gasteiger partial charge in [0.05, 0.1) is 0 Å². The zero-order valence-electron chi connectivity index (χ0n) is 9.78. The fraction of sp³-hybridized carbons (Fsp3) is 0.500. The summed E-state index contributed by atoms with van der Waals surface area (Å²) in [6.45, 7) is 8.19.